The van der Waals surface area contributed by atoms with E-state index in [0.717, 1.165) is 12.0 Å². The highest BCUT2D eigenvalue weighted by atomic mass is 14.2. The number of hydrogen-bond donors (Lipinski definition) is 0. The van der Waals surface area contributed by atoms with Gasteiger partial charge in [-0.2, -0.15) is 5.26 Å². The fourth-order valence-corrected chi connectivity index (χ4v) is 0.966. The van der Waals surface area contributed by atoms with E-state index < -0.39 is 0 Å². The first-order valence-corrected chi connectivity index (χ1v) is 4.03. The summed E-state index contributed by atoms with van der Waals surface area (Å²) in [6.07, 6.45) is 5.13. The third kappa shape index (κ3) is 2.25. The van der Waals surface area contributed by atoms with Crippen LogP contribution < -0.4 is 0 Å². The molecule has 1 aromatic rings. The molecule has 0 N–H and O–H groups in total. The highest BCUT2D eigenvalue weighted by molar-refractivity contribution is 5.51. The van der Waals surface area contributed by atoms with Crippen molar-refractivity contribution in [1.82, 2.24) is 0 Å². The zero-order valence-electron chi connectivity index (χ0n) is 7.12. The van der Waals surface area contributed by atoms with Crippen LogP contribution in [0.1, 0.15) is 24.5 Å². The molecule has 12 heavy (non-hydrogen) atoms. The highest BCUT2D eigenvalue weighted by Gasteiger charge is 1.89. The molecule has 0 unspecified atom stereocenters. The van der Waals surface area contributed by atoms with Gasteiger partial charge in [-0.3, -0.25) is 0 Å². The van der Waals surface area contributed by atoms with E-state index in [2.05, 4.69) is 19.1 Å². The Labute approximate surface area is 73.0 Å². The fraction of sp³-hybridized carbons (Fsp3) is 0.182. The third-order valence-electron chi connectivity index (χ3n) is 1.56. The van der Waals surface area contributed by atoms with Gasteiger partial charge in [0.25, 0.3) is 0 Å². The molecule has 0 aliphatic rings. The minimum atomic E-state index is 0.716. The van der Waals surface area contributed by atoms with Crippen LogP contribution in [0.2, 0.25) is 0 Å². The molecule has 1 aromatic carbocycles. The molecular formula is C11H11N. The van der Waals surface area contributed by atoms with Gasteiger partial charge in [0.15, 0.2) is 0 Å². The van der Waals surface area contributed by atoms with E-state index in [1.807, 2.05) is 30.3 Å². The number of nitriles is 1. The van der Waals surface area contributed by atoms with Gasteiger partial charge in [-0.25, -0.2) is 0 Å². The Balaban J connectivity index is 2.88. The van der Waals surface area contributed by atoms with Gasteiger partial charge in [-0.15, -0.1) is 0 Å². The van der Waals surface area contributed by atoms with Crippen molar-refractivity contribution in [3.05, 3.63) is 41.5 Å². The second-order valence-electron chi connectivity index (χ2n) is 2.55. The Morgan fingerprint density at radius 3 is 3.00 bits per heavy atom. The summed E-state index contributed by atoms with van der Waals surface area (Å²) < 4.78 is 0. The van der Waals surface area contributed by atoms with E-state index in [9.17, 15) is 0 Å². The molecule has 0 saturated heterocycles. The Bertz CT molecular complexity index is 318. The number of nitrogens with zero attached hydrogens (tertiary/aromatic N) is 1. The Morgan fingerprint density at radius 2 is 2.33 bits per heavy atom. The van der Waals surface area contributed by atoms with Crippen LogP contribution in [0.5, 0.6) is 0 Å². The van der Waals surface area contributed by atoms with Crippen molar-refractivity contribution >= 4 is 6.08 Å². The van der Waals surface area contributed by atoms with Crippen LogP contribution in [0, 0.1) is 11.3 Å². The van der Waals surface area contributed by atoms with Gasteiger partial charge in [0.05, 0.1) is 11.6 Å². The quantitative estimate of drug-likeness (QED) is 0.647. The molecule has 1 heteroatoms. The lowest BCUT2D eigenvalue weighted by Gasteiger charge is -1.92. The minimum Gasteiger partial charge on any atom is -0.192 e. The van der Waals surface area contributed by atoms with Gasteiger partial charge in [0.2, 0.25) is 0 Å². The van der Waals surface area contributed by atoms with Crippen LogP contribution in [0.4, 0.5) is 0 Å². The molecule has 0 spiro atoms. The molecule has 0 aliphatic carbocycles. The van der Waals surface area contributed by atoms with E-state index in [-0.39, 0.29) is 0 Å². The normalized spacial score (nSPS) is 10.0. The fourth-order valence-electron chi connectivity index (χ4n) is 0.966. The molecular weight excluding hydrogens is 146 g/mol. The topological polar surface area (TPSA) is 23.8 Å². The van der Waals surface area contributed by atoms with E-state index in [4.69, 9.17) is 5.26 Å². The summed E-state index contributed by atoms with van der Waals surface area (Å²) >= 11 is 0. The maximum atomic E-state index is 8.61. The van der Waals surface area contributed by atoms with Gasteiger partial charge in [-0.1, -0.05) is 31.2 Å². The van der Waals surface area contributed by atoms with Gasteiger partial charge in [0.1, 0.15) is 0 Å². The van der Waals surface area contributed by atoms with Crippen LogP contribution in [0.15, 0.2) is 30.3 Å². The summed E-state index contributed by atoms with van der Waals surface area (Å²) in [5, 5.41) is 8.61. The number of rotatable bonds is 2. The number of hydrogen-bond acceptors (Lipinski definition) is 1. The Hall–Kier alpha value is -1.55. The average molecular weight is 157 g/mol. The van der Waals surface area contributed by atoms with E-state index in [1.165, 1.54) is 0 Å². The molecule has 1 rings (SSSR count). The zero-order valence-corrected chi connectivity index (χ0v) is 7.12. The smallest absolute Gasteiger partial charge is 0.0991 e. The van der Waals surface area contributed by atoms with E-state index >= 15 is 0 Å². The average Bonchev–Trinajstić information content (AvgIpc) is 2.15. The van der Waals surface area contributed by atoms with Crippen LogP contribution in [-0.4, -0.2) is 0 Å². The van der Waals surface area contributed by atoms with Gasteiger partial charge in [-0.05, 0) is 24.1 Å². The molecule has 0 atom stereocenters. The maximum absolute atomic E-state index is 8.61. The first kappa shape index (κ1) is 8.55. The van der Waals surface area contributed by atoms with Crippen molar-refractivity contribution in [2.24, 2.45) is 0 Å². The Morgan fingerprint density at radius 1 is 1.50 bits per heavy atom. The van der Waals surface area contributed by atoms with Crippen LogP contribution >= 0.6 is 0 Å². The third-order valence-corrected chi connectivity index (χ3v) is 1.56. The maximum Gasteiger partial charge on any atom is 0.0991 e. The molecule has 0 aromatic heterocycles. The Kier molecular flexibility index (Phi) is 3.10. The largest absolute Gasteiger partial charge is 0.192 e. The summed E-state index contributed by atoms with van der Waals surface area (Å²) in [4.78, 5) is 0. The molecule has 0 fully saturated rings. The second kappa shape index (κ2) is 4.35. The molecule has 0 bridgehead atoms. The summed E-state index contributed by atoms with van der Waals surface area (Å²) in [5.74, 6) is 0. The minimum absolute atomic E-state index is 0.716. The van der Waals surface area contributed by atoms with Crippen LogP contribution in [0.3, 0.4) is 0 Å². The summed E-state index contributed by atoms with van der Waals surface area (Å²) in [5.41, 5.74) is 1.81. The molecule has 0 heterocycles. The molecule has 0 saturated carbocycles. The molecule has 0 radical (unpaired) electrons. The summed E-state index contributed by atoms with van der Waals surface area (Å²) in [6.45, 7) is 2.09. The lowest BCUT2D eigenvalue weighted by Crippen LogP contribution is -1.75. The molecule has 60 valence electrons. The SMILES string of the molecule is CCC=Cc1cccc(C#N)c1. The number of benzene rings is 1. The first-order valence-electron chi connectivity index (χ1n) is 4.03. The van der Waals surface area contributed by atoms with Crippen molar-refractivity contribution in [3.8, 4) is 6.07 Å². The van der Waals surface area contributed by atoms with E-state index in [0.29, 0.717) is 5.56 Å². The lowest BCUT2D eigenvalue weighted by molar-refractivity contribution is 1.23. The summed E-state index contributed by atoms with van der Waals surface area (Å²) in [6, 6.07) is 9.69. The van der Waals surface area contributed by atoms with Gasteiger partial charge >= 0.3 is 0 Å². The van der Waals surface area contributed by atoms with Crippen molar-refractivity contribution < 1.29 is 0 Å². The predicted molar refractivity (Wildman–Crippen MR) is 50.5 cm³/mol. The van der Waals surface area contributed by atoms with Crippen molar-refractivity contribution in [3.63, 3.8) is 0 Å². The van der Waals surface area contributed by atoms with Crippen LogP contribution in [0.25, 0.3) is 6.08 Å². The zero-order chi connectivity index (χ0) is 8.81. The van der Waals surface area contributed by atoms with E-state index in [1.54, 1.807) is 0 Å². The molecule has 1 nitrogen and oxygen atoms in total. The van der Waals surface area contributed by atoms with Crippen LogP contribution in [-0.2, 0) is 0 Å². The first-order chi connectivity index (χ1) is 5.86. The lowest BCUT2D eigenvalue weighted by atomic mass is 10.1. The standard InChI is InChI=1S/C11H11N/c1-2-3-5-10-6-4-7-11(8-10)9-12/h3-8H,2H2,1H3. The van der Waals surface area contributed by atoms with Crippen molar-refractivity contribution in [1.29, 1.82) is 5.26 Å². The second-order valence-corrected chi connectivity index (χ2v) is 2.55. The molecule has 0 aliphatic heterocycles. The van der Waals surface area contributed by atoms with Gasteiger partial charge in [0, 0.05) is 0 Å². The monoisotopic (exact) mass is 157 g/mol. The predicted octanol–water partition coefficient (Wildman–Crippen LogP) is 2.98. The highest BCUT2D eigenvalue weighted by Crippen LogP contribution is 2.06. The summed E-state index contributed by atoms with van der Waals surface area (Å²) in [7, 11) is 0. The van der Waals surface area contributed by atoms with Gasteiger partial charge < -0.3 is 0 Å². The van der Waals surface area contributed by atoms with Crippen molar-refractivity contribution in [2.75, 3.05) is 0 Å². The number of allylic oxidation sites excluding steroid dienone is 1. The molecule has 0 amide bonds. The van der Waals surface area contributed by atoms with Crippen molar-refractivity contribution in [2.45, 2.75) is 13.3 Å².